The Labute approximate surface area is 155 Å². The van der Waals surface area contributed by atoms with Crippen molar-refractivity contribution >= 4 is 12.1 Å². The van der Waals surface area contributed by atoms with Gasteiger partial charge in [-0.1, -0.05) is 0 Å². The fraction of sp³-hybridized carbons (Fsp3) is 0.100. The number of hydrazone groups is 1. The maximum absolute atomic E-state index is 13.9. The Morgan fingerprint density at radius 2 is 2.15 bits per heavy atom. The Kier molecular flexibility index (Phi) is 5.08. The average Bonchev–Trinajstić information content (AvgIpc) is 2.95. The first-order valence-corrected chi connectivity index (χ1v) is 8.13. The lowest BCUT2D eigenvalue weighted by Crippen LogP contribution is -2.19. The van der Waals surface area contributed by atoms with Gasteiger partial charge in [0, 0.05) is 23.1 Å². The number of nitrogens with zero attached hydrogens (tertiary/aromatic N) is 4. The SMILES string of the molecule is Cc1cc(/C=N\NC(=O)c2ccc(C#N)cc2F)c(C)n1-c1cccnc1. The maximum Gasteiger partial charge on any atom is 0.274 e. The zero-order valence-corrected chi connectivity index (χ0v) is 14.8. The topological polar surface area (TPSA) is 83.1 Å². The van der Waals surface area contributed by atoms with Crippen molar-refractivity contribution in [2.75, 3.05) is 0 Å². The van der Waals surface area contributed by atoms with Crippen LogP contribution in [-0.2, 0) is 0 Å². The second kappa shape index (κ2) is 7.62. The van der Waals surface area contributed by atoms with Crippen molar-refractivity contribution in [3.05, 3.63) is 82.7 Å². The van der Waals surface area contributed by atoms with Crippen LogP contribution in [-0.4, -0.2) is 21.7 Å². The monoisotopic (exact) mass is 361 g/mol. The van der Waals surface area contributed by atoms with Gasteiger partial charge in [-0.15, -0.1) is 0 Å². The number of aryl methyl sites for hydroxylation is 1. The van der Waals surface area contributed by atoms with E-state index in [2.05, 4.69) is 15.5 Å². The first-order valence-electron chi connectivity index (χ1n) is 8.13. The summed E-state index contributed by atoms with van der Waals surface area (Å²) in [6, 6.07) is 11.2. The largest absolute Gasteiger partial charge is 0.316 e. The standard InChI is InChI=1S/C20H16FN5O/c1-13-8-16(14(2)26(13)17-4-3-7-23-12-17)11-24-25-20(27)18-6-5-15(10-22)9-19(18)21/h3-9,11-12H,1-2H3,(H,25,27)/b24-11-. The highest BCUT2D eigenvalue weighted by molar-refractivity contribution is 5.95. The van der Waals surface area contributed by atoms with Gasteiger partial charge in [-0.3, -0.25) is 9.78 Å². The summed E-state index contributed by atoms with van der Waals surface area (Å²) in [5, 5.41) is 12.7. The molecular weight excluding hydrogens is 345 g/mol. The second-order valence-electron chi connectivity index (χ2n) is 5.88. The number of aromatic nitrogens is 2. The van der Waals surface area contributed by atoms with E-state index in [4.69, 9.17) is 5.26 Å². The summed E-state index contributed by atoms with van der Waals surface area (Å²) in [5.41, 5.74) is 5.95. The van der Waals surface area contributed by atoms with E-state index in [0.717, 1.165) is 28.7 Å². The molecule has 1 N–H and O–H groups in total. The number of rotatable bonds is 4. The summed E-state index contributed by atoms with van der Waals surface area (Å²) in [6.07, 6.45) is 4.98. The van der Waals surface area contributed by atoms with E-state index in [9.17, 15) is 9.18 Å². The Balaban J connectivity index is 1.78. The molecule has 1 aromatic carbocycles. The summed E-state index contributed by atoms with van der Waals surface area (Å²) >= 11 is 0. The van der Waals surface area contributed by atoms with Crippen molar-refractivity contribution in [3.63, 3.8) is 0 Å². The number of benzene rings is 1. The van der Waals surface area contributed by atoms with Gasteiger partial charge in [0.15, 0.2) is 0 Å². The first kappa shape index (κ1) is 18.0. The molecule has 0 radical (unpaired) electrons. The molecule has 6 nitrogen and oxygen atoms in total. The van der Waals surface area contributed by atoms with Crippen molar-refractivity contribution in [1.29, 1.82) is 5.26 Å². The molecule has 0 saturated carbocycles. The Bertz CT molecular complexity index is 1060. The van der Waals surface area contributed by atoms with E-state index < -0.39 is 11.7 Å². The molecule has 0 spiro atoms. The fourth-order valence-electron chi connectivity index (χ4n) is 2.79. The van der Waals surface area contributed by atoms with E-state index in [1.807, 2.05) is 42.7 Å². The van der Waals surface area contributed by atoms with E-state index in [1.54, 1.807) is 12.4 Å². The van der Waals surface area contributed by atoms with E-state index in [0.29, 0.717) is 0 Å². The summed E-state index contributed by atoms with van der Waals surface area (Å²) in [4.78, 5) is 16.2. The van der Waals surface area contributed by atoms with E-state index in [-0.39, 0.29) is 11.1 Å². The lowest BCUT2D eigenvalue weighted by Gasteiger charge is -2.08. The van der Waals surface area contributed by atoms with Gasteiger partial charge in [0.2, 0.25) is 0 Å². The Morgan fingerprint density at radius 3 is 2.81 bits per heavy atom. The summed E-state index contributed by atoms with van der Waals surface area (Å²) < 4.78 is 15.9. The average molecular weight is 361 g/mol. The molecule has 27 heavy (non-hydrogen) atoms. The predicted octanol–water partition coefficient (Wildman–Crippen LogP) is 3.26. The van der Waals surface area contributed by atoms with E-state index in [1.165, 1.54) is 18.3 Å². The van der Waals surface area contributed by atoms with Crippen LogP contribution in [0.1, 0.15) is 32.9 Å². The number of hydrogen-bond acceptors (Lipinski definition) is 4. The third-order valence-corrected chi connectivity index (χ3v) is 4.09. The quantitative estimate of drug-likeness (QED) is 0.572. The van der Waals surface area contributed by atoms with Gasteiger partial charge >= 0.3 is 0 Å². The van der Waals surface area contributed by atoms with Crippen LogP contribution in [0.2, 0.25) is 0 Å². The van der Waals surface area contributed by atoms with Crippen molar-refractivity contribution in [2.45, 2.75) is 13.8 Å². The minimum absolute atomic E-state index is 0.149. The summed E-state index contributed by atoms with van der Waals surface area (Å²) in [6.45, 7) is 3.89. The lowest BCUT2D eigenvalue weighted by molar-refractivity contribution is 0.0951. The number of amides is 1. The van der Waals surface area contributed by atoms with Gasteiger partial charge in [-0.2, -0.15) is 10.4 Å². The van der Waals surface area contributed by atoms with Gasteiger partial charge in [0.25, 0.3) is 5.91 Å². The van der Waals surface area contributed by atoms with Crippen LogP contribution in [0.15, 0.2) is 53.9 Å². The smallest absolute Gasteiger partial charge is 0.274 e. The Hall–Kier alpha value is -3.79. The maximum atomic E-state index is 13.9. The van der Waals surface area contributed by atoms with Crippen molar-refractivity contribution in [2.24, 2.45) is 5.10 Å². The molecule has 0 aliphatic rings. The molecule has 2 heterocycles. The zero-order chi connectivity index (χ0) is 19.4. The summed E-state index contributed by atoms with van der Waals surface area (Å²) in [5.74, 6) is -1.45. The van der Waals surface area contributed by atoms with Crippen LogP contribution in [0.4, 0.5) is 4.39 Å². The first-order chi connectivity index (χ1) is 13.0. The van der Waals surface area contributed by atoms with Crippen LogP contribution in [0.3, 0.4) is 0 Å². The van der Waals surface area contributed by atoms with Gasteiger partial charge in [-0.05, 0) is 50.2 Å². The minimum Gasteiger partial charge on any atom is -0.316 e. The van der Waals surface area contributed by atoms with Crippen LogP contribution < -0.4 is 5.43 Å². The molecular formula is C20H16FN5O. The third-order valence-electron chi connectivity index (χ3n) is 4.09. The molecule has 1 amide bonds. The van der Waals surface area contributed by atoms with Crippen molar-refractivity contribution in [1.82, 2.24) is 15.0 Å². The van der Waals surface area contributed by atoms with Gasteiger partial charge in [0.05, 0.1) is 35.3 Å². The molecule has 2 aromatic heterocycles. The van der Waals surface area contributed by atoms with Crippen LogP contribution in [0, 0.1) is 31.0 Å². The van der Waals surface area contributed by atoms with Crippen LogP contribution in [0.25, 0.3) is 5.69 Å². The highest BCUT2D eigenvalue weighted by Crippen LogP contribution is 2.18. The normalized spacial score (nSPS) is 10.7. The molecule has 7 heteroatoms. The number of nitrogens with one attached hydrogen (secondary N) is 1. The highest BCUT2D eigenvalue weighted by atomic mass is 19.1. The van der Waals surface area contributed by atoms with E-state index >= 15 is 0 Å². The number of halogens is 1. The number of carbonyl (C=O) groups excluding carboxylic acids is 1. The van der Waals surface area contributed by atoms with Gasteiger partial charge in [-0.25, -0.2) is 9.82 Å². The van der Waals surface area contributed by atoms with Crippen LogP contribution >= 0.6 is 0 Å². The molecule has 0 saturated heterocycles. The molecule has 3 aromatic rings. The lowest BCUT2D eigenvalue weighted by atomic mass is 10.1. The van der Waals surface area contributed by atoms with Gasteiger partial charge in [0.1, 0.15) is 5.82 Å². The molecule has 0 bridgehead atoms. The number of carbonyl (C=O) groups is 1. The summed E-state index contributed by atoms with van der Waals surface area (Å²) in [7, 11) is 0. The third kappa shape index (κ3) is 3.75. The molecule has 0 unspecified atom stereocenters. The highest BCUT2D eigenvalue weighted by Gasteiger charge is 2.12. The number of pyridine rings is 1. The molecule has 0 aliphatic heterocycles. The second-order valence-corrected chi connectivity index (χ2v) is 5.88. The number of hydrogen-bond donors (Lipinski definition) is 1. The minimum atomic E-state index is -0.767. The molecule has 0 aliphatic carbocycles. The Morgan fingerprint density at radius 1 is 1.33 bits per heavy atom. The predicted molar refractivity (Wildman–Crippen MR) is 99.2 cm³/mol. The van der Waals surface area contributed by atoms with Crippen molar-refractivity contribution < 1.29 is 9.18 Å². The van der Waals surface area contributed by atoms with Gasteiger partial charge < -0.3 is 4.57 Å². The fourth-order valence-corrected chi connectivity index (χ4v) is 2.79. The molecule has 3 rings (SSSR count). The molecule has 134 valence electrons. The zero-order valence-electron chi connectivity index (χ0n) is 14.8. The molecule has 0 atom stereocenters. The number of nitriles is 1. The molecule has 0 fully saturated rings. The van der Waals surface area contributed by atoms with Crippen molar-refractivity contribution in [3.8, 4) is 11.8 Å². The van der Waals surface area contributed by atoms with Crippen LogP contribution in [0.5, 0.6) is 0 Å².